The molecule has 2 amide bonds. The number of carbonyl (C=O) groups excluding carboxylic acids is 2. The Labute approximate surface area is 157 Å². The normalized spacial score (nSPS) is 12.6. The third kappa shape index (κ3) is 13.3. The van der Waals surface area contributed by atoms with Crippen molar-refractivity contribution >= 4 is 18.0 Å². The van der Waals surface area contributed by atoms with Gasteiger partial charge in [0.1, 0.15) is 5.60 Å². The van der Waals surface area contributed by atoms with E-state index in [1.807, 2.05) is 55.4 Å². The lowest BCUT2D eigenvalue weighted by Crippen LogP contribution is -2.49. The minimum absolute atomic E-state index is 0.00438. The first kappa shape index (κ1) is 24.0. The second kappa shape index (κ2) is 10.9. The first-order chi connectivity index (χ1) is 11.8. The second-order valence-electron chi connectivity index (χ2n) is 8.10. The molecule has 8 heteroatoms. The number of amides is 2. The van der Waals surface area contributed by atoms with Crippen LogP contribution in [0.25, 0.3) is 0 Å². The van der Waals surface area contributed by atoms with E-state index in [-0.39, 0.29) is 11.9 Å². The summed E-state index contributed by atoms with van der Waals surface area (Å²) < 4.78 is 5.28. The number of guanidine groups is 1. The van der Waals surface area contributed by atoms with Crippen LogP contribution in [0.3, 0.4) is 0 Å². The number of rotatable bonds is 8. The molecule has 0 aromatic carbocycles. The van der Waals surface area contributed by atoms with E-state index in [2.05, 4.69) is 26.3 Å². The molecule has 0 aromatic heterocycles. The number of hydrogen-bond acceptors (Lipinski definition) is 4. The number of alkyl carbamates (subject to hydrolysis) is 1. The summed E-state index contributed by atoms with van der Waals surface area (Å²) in [6.45, 7) is 16.6. The molecule has 0 rings (SSSR count). The van der Waals surface area contributed by atoms with E-state index in [9.17, 15) is 9.59 Å². The van der Waals surface area contributed by atoms with Gasteiger partial charge in [0.05, 0.1) is 12.1 Å². The highest BCUT2D eigenvalue weighted by Crippen LogP contribution is 2.09. The van der Waals surface area contributed by atoms with Crippen LogP contribution >= 0.6 is 0 Å². The van der Waals surface area contributed by atoms with Crippen molar-refractivity contribution in [1.29, 1.82) is 0 Å². The van der Waals surface area contributed by atoms with Gasteiger partial charge in [0.25, 0.3) is 0 Å². The Morgan fingerprint density at radius 3 is 2.19 bits per heavy atom. The lowest BCUT2D eigenvalue weighted by molar-refractivity contribution is -0.121. The van der Waals surface area contributed by atoms with E-state index in [1.165, 1.54) is 0 Å². The topological polar surface area (TPSA) is 104 Å². The summed E-state index contributed by atoms with van der Waals surface area (Å²) in [5.74, 6) is 0.596. The molecule has 0 spiro atoms. The second-order valence-corrected chi connectivity index (χ2v) is 8.10. The summed E-state index contributed by atoms with van der Waals surface area (Å²) in [7, 11) is 0. The Balaban J connectivity index is 4.56. The van der Waals surface area contributed by atoms with Gasteiger partial charge in [-0.2, -0.15) is 0 Å². The summed E-state index contributed by atoms with van der Waals surface area (Å²) in [5, 5.41) is 11.9. The van der Waals surface area contributed by atoms with Gasteiger partial charge in [-0.15, -0.1) is 0 Å². The highest BCUT2D eigenvalue weighted by Gasteiger charge is 2.24. The zero-order valence-electron chi connectivity index (χ0n) is 17.6. The Bertz CT molecular complexity index is 482. The minimum atomic E-state index is -0.570. The molecular weight excluding hydrogens is 334 g/mol. The first-order valence-corrected chi connectivity index (χ1v) is 9.17. The molecule has 0 aliphatic heterocycles. The van der Waals surface area contributed by atoms with Crippen LogP contribution in [0.2, 0.25) is 0 Å². The maximum atomic E-state index is 11.9. The number of nitrogens with one attached hydrogen (secondary N) is 4. The highest BCUT2D eigenvalue weighted by molar-refractivity contribution is 5.81. The standard InChI is InChI=1S/C18H37N5O3/c1-9-19-15(20-11-10-14(24)22-13(2)3)21-12-18(7,8)23-16(25)26-17(4,5)6/h13H,9-12H2,1-8H3,(H,22,24)(H,23,25)(H2,19,20,21). The monoisotopic (exact) mass is 371 g/mol. The van der Waals surface area contributed by atoms with Gasteiger partial charge < -0.3 is 26.0 Å². The van der Waals surface area contributed by atoms with Crippen molar-refractivity contribution in [3.8, 4) is 0 Å². The average molecular weight is 372 g/mol. The van der Waals surface area contributed by atoms with Gasteiger partial charge in [0.2, 0.25) is 5.91 Å². The molecule has 0 saturated heterocycles. The van der Waals surface area contributed by atoms with Crippen molar-refractivity contribution in [2.45, 2.75) is 79.0 Å². The quantitative estimate of drug-likeness (QED) is 0.384. The van der Waals surface area contributed by atoms with Crippen LogP contribution in [0, 0.1) is 0 Å². The van der Waals surface area contributed by atoms with Gasteiger partial charge in [-0.25, -0.2) is 4.79 Å². The molecule has 0 atom stereocenters. The van der Waals surface area contributed by atoms with E-state index in [4.69, 9.17) is 4.74 Å². The molecule has 0 aliphatic carbocycles. The summed E-state index contributed by atoms with van der Waals surface area (Å²) >= 11 is 0. The maximum Gasteiger partial charge on any atom is 0.408 e. The maximum absolute atomic E-state index is 11.9. The zero-order valence-corrected chi connectivity index (χ0v) is 17.6. The molecule has 0 fully saturated rings. The van der Waals surface area contributed by atoms with Crippen molar-refractivity contribution in [3.63, 3.8) is 0 Å². The van der Waals surface area contributed by atoms with Crippen LogP contribution in [-0.2, 0) is 9.53 Å². The zero-order chi connectivity index (χ0) is 20.4. The summed E-state index contributed by atoms with van der Waals surface area (Å²) in [6.07, 6.45) is -0.108. The summed E-state index contributed by atoms with van der Waals surface area (Å²) in [4.78, 5) is 28.1. The number of carbonyl (C=O) groups is 2. The van der Waals surface area contributed by atoms with Crippen LogP contribution in [0.1, 0.15) is 61.8 Å². The third-order valence-electron chi connectivity index (χ3n) is 2.91. The third-order valence-corrected chi connectivity index (χ3v) is 2.91. The number of ether oxygens (including phenoxy) is 1. The predicted molar refractivity (Wildman–Crippen MR) is 105 cm³/mol. The molecule has 0 aromatic rings. The molecule has 8 nitrogen and oxygen atoms in total. The molecule has 26 heavy (non-hydrogen) atoms. The highest BCUT2D eigenvalue weighted by atomic mass is 16.6. The average Bonchev–Trinajstić information content (AvgIpc) is 2.41. The van der Waals surface area contributed by atoms with Gasteiger partial charge in [0.15, 0.2) is 5.96 Å². The van der Waals surface area contributed by atoms with Gasteiger partial charge in [-0.1, -0.05) is 0 Å². The molecule has 0 unspecified atom stereocenters. The van der Waals surface area contributed by atoms with Crippen LogP contribution in [0.5, 0.6) is 0 Å². The number of hydrogen-bond donors (Lipinski definition) is 4. The van der Waals surface area contributed by atoms with E-state index < -0.39 is 17.2 Å². The van der Waals surface area contributed by atoms with E-state index >= 15 is 0 Å². The van der Waals surface area contributed by atoms with E-state index in [0.717, 1.165) is 0 Å². The smallest absolute Gasteiger partial charge is 0.408 e. The molecule has 0 aliphatic rings. The summed E-state index contributed by atoms with van der Waals surface area (Å²) in [5.41, 5.74) is -1.11. The molecule has 0 radical (unpaired) electrons. The van der Waals surface area contributed by atoms with E-state index in [1.54, 1.807) is 0 Å². The fourth-order valence-corrected chi connectivity index (χ4v) is 1.93. The predicted octanol–water partition coefficient (Wildman–Crippen LogP) is 1.76. The fraction of sp³-hybridized carbons (Fsp3) is 0.833. The van der Waals surface area contributed by atoms with Crippen molar-refractivity contribution in [3.05, 3.63) is 0 Å². The van der Waals surface area contributed by atoms with E-state index in [0.29, 0.717) is 32.0 Å². The molecule has 0 bridgehead atoms. The van der Waals surface area contributed by atoms with Crippen LogP contribution in [0.15, 0.2) is 4.99 Å². The Morgan fingerprint density at radius 2 is 1.69 bits per heavy atom. The SMILES string of the molecule is CCNC(=NCC(C)(C)NC(=O)OC(C)(C)C)NCCC(=O)NC(C)C. The lowest BCUT2D eigenvalue weighted by Gasteiger charge is -2.27. The first-order valence-electron chi connectivity index (χ1n) is 9.17. The van der Waals surface area contributed by atoms with Gasteiger partial charge in [-0.05, 0) is 55.4 Å². The summed E-state index contributed by atoms with van der Waals surface area (Å²) in [6, 6.07) is 0.129. The van der Waals surface area contributed by atoms with Gasteiger partial charge in [-0.3, -0.25) is 9.79 Å². The van der Waals surface area contributed by atoms with Gasteiger partial charge >= 0.3 is 6.09 Å². The lowest BCUT2D eigenvalue weighted by atomic mass is 10.1. The number of nitrogens with zero attached hydrogens (tertiary/aromatic N) is 1. The fourth-order valence-electron chi connectivity index (χ4n) is 1.93. The van der Waals surface area contributed by atoms with Gasteiger partial charge in [0, 0.05) is 25.6 Å². The number of aliphatic imine (C=N–C) groups is 1. The van der Waals surface area contributed by atoms with Crippen LogP contribution in [-0.4, -0.2) is 54.8 Å². The minimum Gasteiger partial charge on any atom is -0.444 e. The molecule has 0 saturated carbocycles. The van der Waals surface area contributed by atoms with Crippen LogP contribution < -0.4 is 21.3 Å². The van der Waals surface area contributed by atoms with Crippen LogP contribution in [0.4, 0.5) is 4.79 Å². The molecule has 0 heterocycles. The molecule has 152 valence electrons. The molecule has 4 N–H and O–H groups in total. The van der Waals surface area contributed by atoms with Crippen molar-refractivity contribution in [2.75, 3.05) is 19.6 Å². The Kier molecular flexibility index (Phi) is 10.0. The molecular formula is C18H37N5O3. The largest absolute Gasteiger partial charge is 0.444 e. The Morgan fingerprint density at radius 1 is 1.08 bits per heavy atom. The van der Waals surface area contributed by atoms with Crippen molar-refractivity contribution in [2.24, 2.45) is 4.99 Å². The Hall–Kier alpha value is -1.99. The van der Waals surface area contributed by atoms with Crippen molar-refractivity contribution < 1.29 is 14.3 Å². The van der Waals surface area contributed by atoms with Crippen molar-refractivity contribution in [1.82, 2.24) is 21.3 Å².